The van der Waals surface area contributed by atoms with Gasteiger partial charge in [0.15, 0.2) is 0 Å². The lowest BCUT2D eigenvalue weighted by Gasteiger charge is -2.20. The number of hydrogen-bond acceptors (Lipinski definition) is 2. The lowest BCUT2D eigenvalue weighted by atomic mass is 10.1. The molecular formula is C17H16ClNO2. The minimum atomic E-state index is -0.758. The van der Waals surface area contributed by atoms with E-state index in [0.29, 0.717) is 6.42 Å². The highest BCUT2D eigenvalue weighted by Gasteiger charge is 2.33. The quantitative estimate of drug-likeness (QED) is 0.857. The molecule has 1 unspecified atom stereocenters. The number of halogens is 1. The van der Waals surface area contributed by atoms with Gasteiger partial charge in [-0.15, -0.1) is 11.6 Å². The fourth-order valence-electron chi connectivity index (χ4n) is 2.75. The van der Waals surface area contributed by atoms with Gasteiger partial charge in [0.2, 0.25) is 5.91 Å². The Morgan fingerprint density at radius 1 is 1.14 bits per heavy atom. The van der Waals surface area contributed by atoms with Crippen LogP contribution in [0.4, 0.5) is 0 Å². The Morgan fingerprint density at radius 2 is 1.81 bits per heavy atom. The maximum atomic E-state index is 12.3. The van der Waals surface area contributed by atoms with Crippen molar-refractivity contribution in [1.82, 2.24) is 5.32 Å². The molecule has 4 heteroatoms. The lowest BCUT2D eigenvalue weighted by Crippen LogP contribution is -2.35. The number of fused-ring (bicyclic) bond motifs is 1. The van der Waals surface area contributed by atoms with Crippen LogP contribution < -0.4 is 5.32 Å². The number of rotatable bonds is 3. The molecule has 3 rings (SSSR count). The number of aliphatic hydroxyl groups is 1. The molecule has 0 saturated heterocycles. The topological polar surface area (TPSA) is 49.3 Å². The van der Waals surface area contributed by atoms with Gasteiger partial charge in [-0.25, -0.2) is 0 Å². The molecule has 3 nitrogen and oxygen atoms in total. The van der Waals surface area contributed by atoms with Crippen molar-refractivity contribution < 1.29 is 9.90 Å². The molecule has 0 aliphatic heterocycles. The molecule has 2 aromatic rings. The molecule has 21 heavy (non-hydrogen) atoms. The van der Waals surface area contributed by atoms with Gasteiger partial charge in [0.05, 0.1) is 12.1 Å². The molecule has 1 aliphatic rings. The summed E-state index contributed by atoms with van der Waals surface area (Å²) < 4.78 is 0. The number of nitrogens with one attached hydrogen (secondary N) is 1. The van der Waals surface area contributed by atoms with Gasteiger partial charge in [0.1, 0.15) is 5.38 Å². The first kappa shape index (κ1) is 14.1. The van der Waals surface area contributed by atoms with Crippen LogP contribution in [0.15, 0.2) is 54.6 Å². The minimum Gasteiger partial charge on any atom is -0.390 e. The smallest absolute Gasteiger partial charge is 0.243 e. The highest BCUT2D eigenvalue weighted by molar-refractivity contribution is 6.30. The van der Waals surface area contributed by atoms with Crippen LogP contribution in [0.5, 0.6) is 0 Å². The zero-order chi connectivity index (χ0) is 14.8. The van der Waals surface area contributed by atoms with Gasteiger partial charge in [0, 0.05) is 6.42 Å². The monoisotopic (exact) mass is 301 g/mol. The summed E-state index contributed by atoms with van der Waals surface area (Å²) in [5.74, 6) is -0.288. The van der Waals surface area contributed by atoms with Gasteiger partial charge in [-0.05, 0) is 16.7 Å². The summed E-state index contributed by atoms with van der Waals surface area (Å²) in [5, 5.41) is 12.3. The van der Waals surface area contributed by atoms with E-state index in [1.165, 1.54) is 0 Å². The van der Waals surface area contributed by atoms with Crippen LogP contribution in [0.1, 0.15) is 28.1 Å². The number of aliphatic hydroxyl groups excluding tert-OH is 1. The maximum Gasteiger partial charge on any atom is 0.243 e. The van der Waals surface area contributed by atoms with Crippen LogP contribution >= 0.6 is 11.6 Å². The van der Waals surface area contributed by atoms with Crippen molar-refractivity contribution in [3.8, 4) is 0 Å². The molecule has 0 saturated carbocycles. The average Bonchev–Trinajstić information content (AvgIpc) is 2.83. The van der Waals surface area contributed by atoms with Gasteiger partial charge in [-0.2, -0.15) is 0 Å². The molecular weight excluding hydrogens is 286 g/mol. The van der Waals surface area contributed by atoms with E-state index in [0.717, 1.165) is 16.7 Å². The third-order valence-electron chi connectivity index (χ3n) is 3.82. The van der Waals surface area contributed by atoms with Crippen molar-refractivity contribution in [3.63, 3.8) is 0 Å². The lowest BCUT2D eigenvalue weighted by molar-refractivity contribution is -0.122. The molecule has 0 bridgehead atoms. The first-order chi connectivity index (χ1) is 10.2. The molecule has 1 aliphatic carbocycles. The summed E-state index contributed by atoms with van der Waals surface area (Å²) in [7, 11) is 0. The molecule has 0 spiro atoms. The fourth-order valence-corrected chi connectivity index (χ4v) is 2.96. The molecule has 0 fully saturated rings. The molecule has 108 valence electrons. The molecule has 0 heterocycles. The Hall–Kier alpha value is -1.84. The van der Waals surface area contributed by atoms with Crippen LogP contribution in [0.25, 0.3) is 0 Å². The molecule has 1 amide bonds. The number of hydrogen-bond donors (Lipinski definition) is 2. The fraction of sp³-hybridized carbons (Fsp3) is 0.235. The zero-order valence-corrected chi connectivity index (χ0v) is 12.1. The maximum absolute atomic E-state index is 12.3. The number of benzene rings is 2. The van der Waals surface area contributed by atoms with Crippen molar-refractivity contribution >= 4 is 17.5 Å². The van der Waals surface area contributed by atoms with E-state index < -0.39 is 17.5 Å². The summed E-state index contributed by atoms with van der Waals surface area (Å²) in [5.41, 5.74) is 2.79. The van der Waals surface area contributed by atoms with Crippen LogP contribution in [-0.2, 0) is 11.2 Å². The van der Waals surface area contributed by atoms with E-state index in [1.54, 1.807) is 0 Å². The van der Waals surface area contributed by atoms with E-state index in [4.69, 9.17) is 11.6 Å². The van der Waals surface area contributed by atoms with Crippen molar-refractivity contribution in [2.45, 2.75) is 23.9 Å². The highest BCUT2D eigenvalue weighted by Crippen LogP contribution is 2.32. The standard InChI is InChI=1S/C17H16ClNO2/c18-15(11-6-2-1-3-7-11)17(21)19-16-13-9-5-4-8-12(13)10-14(16)20/h1-9,14-16,20H,10H2,(H,19,21)/t14-,15?,16+/m0/s1. The van der Waals surface area contributed by atoms with E-state index >= 15 is 0 Å². The number of carbonyl (C=O) groups is 1. The molecule has 0 aromatic heterocycles. The third-order valence-corrected chi connectivity index (χ3v) is 4.27. The van der Waals surface area contributed by atoms with Crippen LogP contribution in [-0.4, -0.2) is 17.1 Å². The van der Waals surface area contributed by atoms with Gasteiger partial charge >= 0.3 is 0 Å². The Kier molecular flexibility index (Phi) is 3.95. The van der Waals surface area contributed by atoms with Gasteiger partial charge in [-0.1, -0.05) is 54.6 Å². The normalized spacial score (nSPS) is 21.6. The second-order valence-corrected chi connectivity index (χ2v) is 5.67. The Morgan fingerprint density at radius 3 is 2.57 bits per heavy atom. The van der Waals surface area contributed by atoms with Crippen LogP contribution in [0.3, 0.4) is 0 Å². The first-order valence-corrected chi connectivity index (χ1v) is 7.35. The van der Waals surface area contributed by atoms with Crippen LogP contribution in [0.2, 0.25) is 0 Å². The Labute approximate surface area is 128 Å². The predicted octanol–water partition coefficient (Wildman–Crippen LogP) is 2.74. The zero-order valence-electron chi connectivity index (χ0n) is 11.4. The average molecular weight is 302 g/mol. The largest absolute Gasteiger partial charge is 0.390 e. The second-order valence-electron chi connectivity index (χ2n) is 5.23. The molecule has 3 atom stereocenters. The summed E-state index contributed by atoms with van der Waals surface area (Å²) in [4.78, 5) is 12.3. The number of carbonyl (C=O) groups excluding carboxylic acids is 1. The second kappa shape index (κ2) is 5.88. The van der Waals surface area contributed by atoms with E-state index in [-0.39, 0.29) is 5.91 Å². The molecule has 0 radical (unpaired) electrons. The summed E-state index contributed by atoms with van der Waals surface area (Å²) >= 11 is 6.22. The SMILES string of the molecule is O=C(N[C@@H]1c2ccccc2C[C@@H]1O)C(Cl)c1ccccc1. The van der Waals surface area contributed by atoms with Gasteiger partial charge in [-0.3, -0.25) is 4.79 Å². The van der Waals surface area contributed by atoms with Gasteiger partial charge < -0.3 is 10.4 Å². The highest BCUT2D eigenvalue weighted by atomic mass is 35.5. The summed E-state index contributed by atoms with van der Waals surface area (Å²) in [6.45, 7) is 0. The summed E-state index contributed by atoms with van der Waals surface area (Å²) in [6, 6.07) is 16.6. The van der Waals surface area contributed by atoms with Crippen molar-refractivity contribution in [2.75, 3.05) is 0 Å². The Bertz CT molecular complexity index is 644. The van der Waals surface area contributed by atoms with Crippen molar-refractivity contribution in [2.24, 2.45) is 0 Å². The van der Waals surface area contributed by atoms with Crippen molar-refractivity contribution in [3.05, 3.63) is 71.3 Å². The first-order valence-electron chi connectivity index (χ1n) is 6.92. The summed E-state index contributed by atoms with van der Waals surface area (Å²) in [6.07, 6.45) is -0.0506. The van der Waals surface area contributed by atoms with Gasteiger partial charge in [0.25, 0.3) is 0 Å². The third kappa shape index (κ3) is 2.80. The Balaban J connectivity index is 1.76. The van der Waals surface area contributed by atoms with E-state index in [9.17, 15) is 9.90 Å². The van der Waals surface area contributed by atoms with E-state index in [2.05, 4.69) is 5.32 Å². The van der Waals surface area contributed by atoms with Crippen molar-refractivity contribution in [1.29, 1.82) is 0 Å². The van der Waals surface area contributed by atoms with E-state index in [1.807, 2.05) is 54.6 Å². The predicted molar refractivity (Wildman–Crippen MR) is 82.1 cm³/mol. The number of alkyl halides is 1. The molecule has 2 N–H and O–H groups in total. The minimum absolute atomic E-state index is 0.288. The molecule has 2 aromatic carbocycles. The number of amides is 1. The van der Waals surface area contributed by atoms with Crippen LogP contribution in [0, 0.1) is 0 Å².